The first-order valence-corrected chi connectivity index (χ1v) is 6.49. The molecule has 0 aromatic carbocycles. The van der Waals surface area contributed by atoms with Crippen molar-refractivity contribution in [2.45, 2.75) is 38.8 Å². The lowest BCUT2D eigenvalue weighted by molar-refractivity contribution is 0.0502. The minimum atomic E-state index is -0.530. The molecule has 1 unspecified atom stereocenters. The molecule has 2 amide bonds. The van der Waals surface area contributed by atoms with Gasteiger partial charge in [-0.25, -0.2) is 9.78 Å². The second kappa shape index (κ2) is 5.48. The van der Waals surface area contributed by atoms with E-state index in [1.54, 1.807) is 25.7 Å². The van der Waals surface area contributed by atoms with Gasteiger partial charge in [-0.05, 0) is 27.2 Å². The SMILES string of the molecule is CC(C)(C)OC(=O)NC1CCN(C(=O)c2ncn[nH]2)C1. The zero-order chi connectivity index (χ0) is 14.8. The maximum Gasteiger partial charge on any atom is 0.407 e. The number of nitrogens with one attached hydrogen (secondary N) is 2. The number of hydrogen-bond acceptors (Lipinski definition) is 5. The maximum atomic E-state index is 12.0. The fraction of sp³-hybridized carbons (Fsp3) is 0.667. The largest absolute Gasteiger partial charge is 0.444 e. The molecule has 1 fully saturated rings. The van der Waals surface area contributed by atoms with E-state index in [1.807, 2.05) is 0 Å². The molecule has 8 nitrogen and oxygen atoms in total. The van der Waals surface area contributed by atoms with Crippen molar-refractivity contribution >= 4 is 12.0 Å². The van der Waals surface area contributed by atoms with Gasteiger partial charge in [0.15, 0.2) is 0 Å². The minimum Gasteiger partial charge on any atom is -0.444 e. The summed E-state index contributed by atoms with van der Waals surface area (Å²) < 4.78 is 5.19. The molecule has 20 heavy (non-hydrogen) atoms. The van der Waals surface area contributed by atoms with Crippen molar-refractivity contribution in [3.63, 3.8) is 0 Å². The summed E-state index contributed by atoms with van der Waals surface area (Å²) in [5.41, 5.74) is -0.530. The lowest BCUT2D eigenvalue weighted by Gasteiger charge is -2.21. The van der Waals surface area contributed by atoms with Gasteiger partial charge in [0.25, 0.3) is 5.91 Å². The molecule has 1 aromatic rings. The van der Waals surface area contributed by atoms with Gasteiger partial charge in [0.05, 0.1) is 6.04 Å². The lowest BCUT2D eigenvalue weighted by atomic mass is 10.2. The monoisotopic (exact) mass is 281 g/mol. The molecule has 2 heterocycles. The number of carbonyl (C=O) groups is 2. The maximum absolute atomic E-state index is 12.0. The highest BCUT2D eigenvalue weighted by Crippen LogP contribution is 2.13. The van der Waals surface area contributed by atoms with Gasteiger partial charge in [-0.1, -0.05) is 0 Å². The highest BCUT2D eigenvalue weighted by atomic mass is 16.6. The molecule has 1 atom stereocenters. The number of carbonyl (C=O) groups excluding carboxylic acids is 2. The Bertz CT molecular complexity index is 480. The summed E-state index contributed by atoms with van der Waals surface area (Å²) in [5.74, 6) is -0.00101. The first kappa shape index (κ1) is 14.3. The molecule has 1 aliphatic rings. The summed E-state index contributed by atoms with van der Waals surface area (Å²) in [6.45, 7) is 6.43. The van der Waals surface area contributed by atoms with E-state index in [9.17, 15) is 9.59 Å². The number of aromatic amines is 1. The molecular weight excluding hydrogens is 262 g/mol. The number of aromatic nitrogens is 3. The fourth-order valence-electron chi connectivity index (χ4n) is 2.00. The second-order valence-electron chi connectivity index (χ2n) is 5.72. The number of nitrogens with zero attached hydrogens (tertiary/aromatic N) is 3. The van der Waals surface area contributed by atoms with Crippen molar-refractivity contribution in [3.8, 4) is 0 Å². The Kier molecular flexibility index (Phi) is 3.91. The van der Waals surface area contributed by atoms with Crippen molar-refractivity contribution < 1.29 is 14.3 Å². The van der Waals surface area contributed by atoms with Crippen LogP contribution in [-0.4, -0.2) is 56.8 Å². The van der Waals surface area contributed by atoms with Crippen LogP contribution in [0.15, 0.2) is 6.33 Å². The van der Waals surface area contributed by atoms with Crippen LogP contribution in [0.5, 0.6) is 0 Å². The molecule has 0 spiro atoms. The van der Waals surface area contributed by atoms with Crippen molar-refractivity contribution in [2.75, 3.05) is 13.1 Å². The summed E-state index contributed by atoms with van der Waals surface area (Å²) in [5, 5.41) is 8.95. The van der Waals surface area contributed by atoms with E-state index in [2.05, 4.69) is 20.5 Å². The third kappa shape index (κ3) is 3.69. The van der Waals surface area contributed by atoms with E-state index in [1.165, 1.54) is 6.33 Å². The van der Waals surface area contributed by atoms with Crippen molar-refractivity contribution in [3.05, 3.63) is 12.2 Å². The number of hydrogen-bond donors (Lipinski definition) is 2. The standard InChI is InChI=1S/C12H19N5O3/c1-12(2,3)20-11(19)15-8-4-5-17(6-8)10(18)9-13-7-14-16-9/h7-8H,4-6H2,1-3H3,(H,15,19)(H,13,14,16). The molecule has 110 valence electrons. The quantitative estimate of drug-likeness (QED) is 0.824. The molecule has 0 aliphatic carbocycles. The summed E-state index contributed by atoms with van der Waals surface area (Å²) in [4.78, 5) is 29.1. The fourth-order valence-corrected chi connectivity index (χ4v) is 2.00. The van der Waals surface area contributed by atoms with Gasteiger partial charge in [0.1, 0.15) is 11.9 Å². The number of amides is 2. The first-order valence-electron chi connectivity index (χ1n) is 6.49. The summed E-state index contributed by atoms with van der Waals surface area (Å²) >= 11 is 0. The third-order valence-electron chi connectivity index (χ3n) is 2.81. The van der Waals surface area contributed by atoms with E-state index in [4.69, 9.17) is 4.74 Å². The van der Waals surface area contributed by atoms with E-state index in [0.717, 1.165) is 0 Å². The van der Waals surface area contributed by atoms with Crippen LogP contribution in [0.4, 0.5) is 4.79 Å². The molecule has 0 bridgehead atoms. The average Bonchev–Trinajstić information content (AvgIpc) is 2.95. The molecule has 2 rings (SSSR count). The smallest absolute Gasteiger partial charge is 0.407 e. The molecular formula is C12H19N5O3. The predicted molar refractivity (Wildman–Crippen MR) is 70.1 cm³/mol. The Hall–Kier alpha value is -2.12. The Morgan fingerprint density at radius 2 is 2.25 bits per heavy atom. The van der Waals surface area contributed by atoms with Gasteiger partial charge >= 0.3 is 6.09 Å². The van der Waals surface area contributed by atoms with Gasteiger partial charge in [-0.3, -0.25) is 9.89 Å². The molecule has 8 heteroatoms. The number of H-pyrrole nitrogens is 1. The molecule has 1 saturated heterocycles. The minimum absolute atomic E-state index is 0.100. The Morgan fingerprint density at radius 3 is 2.85 bits per heavy atom. The van der Waals surface area contributed by atoms with Crippen LogP contribution < -0.4 is 5.32 Å². The van der Waals surface area contributed by atoms with Crippen LogP contribution >= 0.6 is 0 Å². The van der Waals surface area contributed by atoms with E-state index >= 15 is 0 Å². The number of alkyl carbamates (subject to hydrolysis) is 1. The van der Waals surface area contributed by atoms with Gasteiger partial charge in [-0.2, -0.15) is 5.10 Å². The summed E-state index contributed by atoms with van der Waals surface area (Å²) in [7, 11) is 0. The number of rotatable bonds is 2. The Morgan fingerprint density at radius 1 is 1.50 bits per heavy atom. The van der Waals surface area contributed by atoms with Crippen LogP contribution in [0.2, 0.25) is 0 Å². The Balaban J connectivity index is 1.84. The molecule has 0 radical (unpaired) electrons. The second-order valence-corrected chi connectivity index (χ2v) is 5.72. The van der Waals surface area contributed by atoms with Crippen LogP contribution in [0, 0.1) is 0 Å². The van der Waals surface area contributed by atoms with E-state index in [0.29, 0.717) is 19.5 Å². The van der Waals surface area contributed by atoms with Gasteiger partial charge in [0, 0.05) is 13.1 Å². The zero-order valence-electron chi connectivity index (χ0n) is 11.8. The molecule has 1 aromatic heterocycles. The van der Waals surface area contributed by atoms with Crippen molar-refractivity contribution in [1.82, 2.24) is 25.4 Å². The normalized spacial score (nSPS) is 18.9. The van der Waals surface area contributed by atoms with Crippen molar-refractivity contribution in [2.24, 2.45) is 0 Å². The topological polar surface area (TPSA) is 100 Å². The Labute approximate surface area is 116 Å². The first-order chi connectivity index (χ1) is 9.35. The zero-order valence-corrected chi connectivity index (χ0v) is 11.8. The van der Waals surface area contributed by atoms with E-state index in [-0.39, 0.29) is 17.8 Å². The van der Waals surface area contributed by atoms with Crippen LogP contribution in [0.3, 0.4) is 0 Å². The van der Waals surface area contributed by atoms with Gasteiger partial charge in [-0.15, -0.1) is 0 Å². The van der Waals surface area contributed by atoms with Crippen LogP contribution in [0.1, 0.15) is 37.8 Å². The van der Waals surface area contributed by atoms with Crippen LogP contribution in [-0.2, 0) is 4.74 Å². The highest BCUT2D eigenvalue weighted by Gasteiger charge is 2.30. The average molecular weight is 281 g/mol. The lowest BCUT2D eigenvalue weighted by Crippen LogP contribution is -2.41. The number of likely N-dealkylation sites (tertiary alicyclic amines) is 1. The number of ether oxygens (including phenoxy) is 1. The van der Waals surface area contributed by atoms with Crippen LogP contribution in [0.25, 0.3) is 0 Å². The van der Waals surface area contributed by atoms with Gasteiger partial charge in [0.2, 0.25) is 5.82 Å². The molecule has 0 saturated carbocycles. The highest BCUT2D eigenvalue weighted by molar-refractivity contribution is 5.90. The van der Waals surface area contributed by atoms with E-state index < -0.39 is 11.7 Å². The van der Waals surface area contributed by atoms with Crippen molar-refractivity contribution in [1.29, 1.82) is 0 Å². The molecule has 1 aliphatic heterocycles. The van der Waals surface area contributed by atoms with Gasteiger partial charge < -0.3 is 15.0 Å². The predicted octanol–water partition coefficient (Wildman–Crippen LogP) is 0.544. The third-order valence-corrected chi connectivity index (χ3v) is 2.81. The molecule has 2 N–H and O–H groups in total. The summed E-state index contributed by atoms with van der Waals surface area (Å²) in [6.07, 6.45) is 1.52. The summed E-state index contributed by atoms with van der Waals surface area (Å²) in [6, 6.07) is -0.100.